The van der Waals surface area contributed by atoms with Crippen molar-refractivity contribution in [2.75, 3.05) is 13.1 Å². The molecule has 26 heavy (non-hydrogen) atoms. The Morgan fingerprint density at radius 2 is 1.77 bits per heavy atom. The number of aromatic nitrogens is 4. The highest BCUT2D eigenvalue weighted by atomic mass is 16.2. The normalized spacial score (nSPS) is 23.5. The van der Waals surface area contributed by atoms with Crippen LogP contribution in [0.4, 0.5) is 0 Å². The zero-order chi connectivity index (χ0) is 19.2. The summed E-state index contributed by atoms with van der Waals surface area (Å²) >= 11 is 0. The third-order valence-electron chi connectivity index (χ3n) is 5.29. The van der Waals surface area contributed by atoms with Gasteiger partial charge in [0.05, 0.1) is 19.6 Å². The molecule has 0 unspecified atom stereocenters. The smallest absolute Gasteiger partial charge is 0.328 e. The molecule has 0 aliphatic carbocycles. The molecule has 0 amide bonds. The Morgan fingerprint density at radius 3 is 2.35 bits per heavy atom. The predicted molar refractivity (Wildman–Crippen MR) is 98.2 cm³/mol. The molecule has 0 aromatic carbocycles. The lowest BCUT2D eigenvalue weighted by Crippen LogP contribution is -3.13. The fourth-order valence-electron chi connectivity index (χ4n) is 4.31. The van der Waals surface area contributed by atoms with Gasteiger partial charge in [0.15, 0.2) is 17.0 Å². The van der Waals surface area contributed by atoms with E-state index in [1.54, 1.807) is 11.6 Å². The maximum atomic E-state index is 12.7. The number of fused-ring (bicyclic) bond motifs is 1. The van der Waals surface area contributed by atoms with Crippen molar-refractivity contribution in [3.63, 3.8) is 0 Å². The van der Waals surface area contributed by atoms with Crippen LogP contribution in [-0.2, 0) is 32.0 Å². The number of likely N-dealkylation sites (tertiary alicyclic amines) is 1. The van der Waals surface area contributed by atoms with Crippen molar-refractivity contribution in [3.8, 4) is 0 Å². The molecular weight excluding hydrogens is 334 g/mol. The van der Waals surface area contributed by atoms with Gasteiger partial charge in [0.25, 0.3) is 5.56 Å². The van der Waals surface area contributed by atoms with E-state index in [2.05, 4.69) is 18.8 Å². The molecule has 0 spiro atoms. The number of rotatable bonds is 4. The van der Waals surface area contributed by atoms with Gasteiger partial charge in [-0.1, -0.05) is 13.8 Å². The number of nitrogens with zero attached hydrogens (tertiary/aromatic N) is 4. The minimum Gasteiger partial charge on any atom is -0.328 e. The molecule has 0 radical (unpaired) electrons. The van der Waals surface area contributed by atoms with Gasteiger partial charge >= 0.3 is 5.69 Å². The standard InChI is InChI=1S/C18H27N5O3/c1-11-6-12(2)8-22(7-11)10-14-19-16-15(23(14)9-13(3)24)17(25)21(5)18(26)20(16)4/h11-12H,6-10H2,1-5H3/p+1/t11-,12-/m0/s1. The molecule has 1 fully saturated rings. The van der Waals surface area contributed by atoms with Gasteiger partial charge in [0, 0.05) is 25.9 Å². The van der Waals surface area contributed by atoms with Gasteiger partial charge in [-0.15, -0.1) is 0 Å². The summed E-state index contributed by atoms with van der Waals surface area (Å²) in [7, 11) is 3.06. The number of nitrogens with one attached hydrogen (secondary N) is 1. The highest BCUT2D eigenvalue weighted by Crippen LogP contribution is 2.14. The second-order valence-electron chi connectivity index (χ2n) is 7.98. The fraction of sp³-hybridized carbons (Fsp3) is 0.667. The van der Waals surface area contributed by atoms with Crippen molar-refractivity contribution >= 4 is 16.9 Å². The first-order valence-corrected chi connectivity index (χ1v) is 9.17. The van der Waals surface area contributed by atoms with E-state index >= 15 is 0 Å². The first-order valence-electron chi connectivity index (χ1n) is 9.17. The molecule has 2 aromatic heterocycles. The largest absolute Gasteiger partial charge is 0.332 e. The Bertz CT molecular complexity index is 958. The molecule has 3 rings (SSSR count). The van der Waals surface area contributed by atoms with Gasteiger partial charge in [-0.25, -0.2) is 9.78 Å². The number of carbonyl (C=O) groups excluding carboxylic acids is 1. The van der Waals surface area contributed by atoms with Gasteiger partial charge < -0.3 is 9.47 Å². The van der Waals surface area contributed by atoms with E-state index < -0.39 is 11.2 Å². The molecule has 1 N–H and O–H groups in total. The molecule has 0 saturated carbocycles. The maximum Gasteiger partial charge on any atom is 0.332 e. The summed E-state index contributed by atoms with van der Waals surface area (Å²) in [5, 5.41) is 0. The highest BCUT2D eigenvalue weighted by Gasteiger charge is 2.28. The molecule has 2 aromatic rings. The topological polar surface area (TPSA) is 83.3 Å². The summed E-state index contributed by atoms with van der Waals surface area (Å²) < 4.78 is 4.16. The third-order valence-corrected chi connectivity index (χ3v) is 5.29. The molecular formula is C18H28N5O3+. The van der Waals surface area contributed by atoms with Crippen molar-refractivity contribution in [2.45, 2.75) is 40.3 Å². The molecule has 142 valence electrons. The lowest BCUT2D eigenvalue weighted by atomic mass is 9.92. The number of imidazole rings is 1. The Balaban J connectivity index is 2.14. The molecule has 1 aliphatic heterocycles. The van der Waals surface area contributed by atoms with Gasteiger partial charge in [-0.05, 0) is 13.3 Å². The van der Waals surface area contributed by atoms with Crippen LogP contribution < -0.4 is 16.1 Å². The summed E-state index contributed by atoms with van der Waals surface area (Å²) in [6.45, 7) is 8.85. The van der Waals surface area contributed by atoms with Crippen LogP contribution in [0.5, 0.6) is 0 Å². The second kappa shape index (κ2) is 6.83. The van der Waals surface area contributed by atoms with Crippen LogP contribution in [0, 0.1) is 11.8 Å². The third kappa shape index (κ3) is 3.25. The van der Waals surface area contributed by atoms with Crippen LogP contribution in [-0.4, -0.2) is 37.6 Å². The van der Waals surface area contributed by atoms with E-state index in [0.717, 1.165) is 17.7 Å². The van der Waals surface area contributed by atoms with Crippen LogP contribution >= 0.6 is 0 Å². The lowest BCUT2D eigenvalue weighted by molar-refractivity contribution is -0.926. The number of quaternary nitrogens is 1. The Morgan fingerprint density at radius 1 is 1.15 bits per heavy atom. The van der Waals surface area contributed by atoms with Gasteiger partial charge in [-0.3, -0.25) is 18.7 Å². The van der Waals surface area contributed by atoms with Gasteiger partial charge in [0.1, 0.15) is 12.3 Å². The van der Waals surface area contributed by atoms with Crippen LogP contribution in [0.1, 0.15) is 33.0 Å². The number of Topliss-reactive ketones (excluding diaryl/α,β-unsaturated/α-hetero) is 1. The molecule has 3 heterocycles. The first kappa shape index (κ1) is 18.6. The zero-order valence-corrected chi connectivity index (χ0v) is 16.2. The monoisotopic (exact) mass is 362 g/mol. The van der Waals surface area contributed by atoms with Crippen molar-refractivity contribution in [1.29, 1.82) is 0 Å². The number of carbonyl (C=O) groups is 1. The molecule has 0 bridgehead atoms. The van der Waals surface area contributed by atoms with Crippen LogP contribution in [0.2, 0.25) is 0 Å². The molecule has 1 saturated heterocycles. The maximum absolute atomic E-state index is 12.7. The van der Waals surface area contributed by atoms with E-state index in [1.165, 1.54) is 29.9 Å². The Hall–Kier alpha value is -2.22. The molecule has 8 heteroatoms. The van der Waals surface area contributed by atoms with E-state index in [4.69, 9.17) is 0 Å². The van der Waals surface area contributed by atoms with Crippen molar-refractivity contribution in [1.82, 2.24) is 18.7 Å². The van der Waals surface area contributed by atoms with Crippen molar-refractivity contribution < 1.29 is 9.69 Å². The van der Waals surface area contributed by atoms with Crippen molar-refractivity contribution in [3.05, 3.63) is 26.7 Å². The minimum absolute atomic E-state index is 0.0446. The average Bonchev–Trinajstić information content (AvgIpc) is 2.88. The molecule has 2 atom stereocenters. The molecule has 1 aliphatic rings. The van der Waals surface area contributed by atoms with Gasteiger partial charge in [0.2, 0.25) is 0 Å². The van der Waals surface area contributed by atoms with E-state index in [1.807, 2.05) is 0 Å². The van der Waals surface area contributed by atoms with Gasteiger partial charge in [-0.2, -0.15) is 0 Å². The zero-order valence-electron chi connectivity index (χ0n) is 16.2. The fourth-order valence-corrected chi connectivity index (χ4v) is 4.31. The SMILES string of the molecule is CC(=O)Cn1c(C[NH+]2C[C@@H](C)C[C@H](C)C2)nc2c1c(=O)n(C)c(=O)n2C. The molecule has 8 nitrogen and oxygen atoms in total. The first-order chi connectivity index (χ1) is 12.2. The lowest BCUT2D eigenvalue weighted by Gasteiger charge is -2.31. The number of ketones is 1. The predicted octanol–water partition coefficient (Wildman–Crippen LogP) is -0.916. The van der Waals surface area contributed by atoms with E-state index in [0.29, 0.717) is 35.4 Å². The number of piperidine rings is 1. The van der Waals surface area contributed by atoms with Crippen molar-refractivity contribution in [2.24, 2.45) is 25.9 Å². The summed E-state index contributed by atoms with van der Waals surface area (Å²) in [6.07, 6.45) is 1.22. The number of hydrogen-bond acceptors (Lipinski definition) is 4. The minimum atomic E-state index is -0.408. The summed E-state index contributed by atoms with van der Waals surface area (Å²) in [5.74, 6) is 1.93. The number of aryl methyl sites for hydroxylation is 1. The Kier molecular flexibility index (Phi) is 4.88. The van der Waals surface area contributed by atoms with Crippen LogP contribution in [0.15, 0.2) is 9.59 Å². The number of hydrogen-bond donors (Lipinski definition) is 1. The highest BCUT2D eigenvalue weighted by molar-refractivity contribution is 5.79. The summed E-state index contributed by atoms with van der Waals surface area (Å²) in [5.41, 5.74) is -0.128. The Labute approximate surface area is 152 Å². The average molecular weight is 362 g/mol. The summed E-state index contributed by atoms with van der Waals surface area (Å²) in [6, 6.07) is 0. The van der Waals surface area contributed by atoms with Crippen LogP contribution in [0.25, 0.3) is 11.2 Å². The van der Waals surface area contributed by atoms with E-state index in [9.17, 15) is 14.4 Å². The quantitative estimate of drug-likeness (QED) is 0.763. The van der Waals surface area contributed by atoms with Crippen LogP contribution in [0.3, 0.4) is 0 Å². The van der Waals surface area contributed by atoms with E-state index in [-0.39, 0.29) is 12.3 Å². The second-order valence-corrected chi connectivity index (χ2v) is 7.98. The summed E-state index contributed by atoms with van der Waals surface area (Å²) in [4.78, 5) is 42.7.